The van der Waals surface area contributed by atoms with E-state index in [-0.39, 0.29) is 24.4 Å². The van der Waals surface area contributed by atoms with Gasteiger partial charge in [-0.25, -0.2) is 4.79 Å². The van der Waals surface area contributed by atoms with Crippen LogP contribution in [-0.2, 0) is 9.59 Å². The van der Waals surface area contributed by atoms with Crippen LogP contribution < -0.4 is 10.6 Å². The van der Waals surface area contributed by atoms with Crippen molar-refractivity contribution in [1.82, 2.24) is 15.5 Å². The Hall–Kier alpha value is -1.44. The molecule has 2 saturated heterocycles. The number of amides is 3. The van der Waals surface area contributed by atoms with Gasteiger partial charge in [0.25, 0.3) is 0 Å². The lowest BCUT2D eigenvalue weighted by atomic mass is 10.0. The largest absolute Gasteiger partial charge is 0.481 e. The normalized spacial score (nSPS) is 22.8. The molecule has 0 aromatic carbocycles. The van der Waals surface area contributed by atoms with Crippen molar-refractivity contribution in [3.63, 3.8) is 0 Å². The Morgan fingerprint density at radius 2 is 1.87 bits per heavy atom. The zero-order valence-electron chi connectivity index (χ0n) is 18.4. The zero-order chi connectivity index (χ0) is 21.8. The third-order valence-corrected chi connectivity index (χ3v) is 7.49. The fourth-order valence-corrected chi connectivity index (χ4v) is 5.95. The second-order valence-electron chi connectivity index (χ2n) is 8.47. The minimum Gasteiger partial charge on any atom is -0.481 e. The molecule has 3 amide bonds. The lowest BCUT2D eigenvalue weighted by Crippen LogP contribution is -2.41. The van der Waals surface area contributed by atoms with Crippen molar-refractivity contribution in [2.45, 2.75) is 101 Å². The summed E-state index contributed by atoms with van der Waals surface area (Å²) in [6.07, 6.45) is 10.7. The van der Waals surface area contributed by atoms with Gasteiger partial charge in [-0.05, 0) is 32.1 Å². The van der Waals surface area contributed by atoms with E-state index in [1.165, 1.54) is 19.3 Å². The van der Waals surface area contributed by atoms with Crippen molar-refractivity contribution in [3.05, 3.63) is 0 Å². The molecule has 0 aromatic heterocycles. The van der Waals surface area contributed by atoms with Gasteiger partial charge in [-0.1, -0.05) is 39.0 Å². The summed E-state index contributed by atoms with van der Waals surface area (Å²) in [6.45, 7) is 3.69. The first-order valence-corrected chi connectivity index (χ1v) is 12.7. The lowest BCUT2D eigenvalue weighted by molar-refractivity contribution is -0.137. The number of carbonyl (C=O) groups excluding carboxylic acids is 2. The zero-order valence-corrected chi connectivity index (χ0v) is 19.2. The molecule has 30 heavy (non-hydrogen) atoms. The lowest BCUT2D eigenvalue weighted by Gasteiger charge is -2.27. The number of unbranched alkanes of at least 4 members (excludes halogenated alkanes) is 6. The molecule has 2 unspecified atom stereocenters. The number of hydrogen-bond donors (Lipinski definition) is 3. The quantitative estimate of drug-likeness (QED) is 0.250. The molecule has 2 aliphatic rings. The number of thioether (sulfide) groups is 1. The number of nitrogens with zero attached hydrogens (tertiary/aromatic N) is 1. The molecule has 2 aliphatic heterocycles. The van der Waals surface area contributed by atoms with Crippen LogP contribution in [0.2, 0.25) is 0 Å². The maximum atomic E-state index is 12.3. The van der Waals surface area contributed by atoms with Gasteiger partial charge in [0.2, 0.25) is 5.91 Å². The van der Waals surface area contributed by atoms with Crippen molar-refractivity contribution >= 4 is 29.7 Å². The number of carbonyl (C=O) groups is 3. The molecular weight excluding hydrogens is 402 g/mol. The third kappa shape index (κ3) is 8.36. The number of fused-ring (bicyclic) bond motifs is 1. The van der Waals surface area contributed by atoms with E-state index >= 15 is 0 Å². The summed E-state index contributed by atoms with van der Waals surface area (Å²) < 4.78 is 0. The molecule has 172 valence electrons. The van der Waals surface area contributed by atoms with Gasteiger partial charge in [0.05, 0.1) is 12.1 Å². The SMILES string of the molecule is CCCCCCN1C(=O)NC2CS[C@@H](CCCCC(=O)NCCCCCC(=O)O)C21. The van der Waals surface area contributed by atoms with Crippen LogP contribution in [0.3, 0.4) is 0 Å². The van der Waals surface area contributed by atoms with E-state index in [9.17, 15) is 14.4 Å². The average molecular weight is 442 g/mol. The maximum absolute atomic E-state index is 12.3. The predicted octanol–water partition coefficient (Wildman–Crippen LogP) is 3.77. The van der Waals surface area contributed by atoms with Gasteiger partial charge >= 0.3 is 12.0 Å². The molecule has 0 radical (unpaired) electrons. The number of carboxylic acid groups (broad SMARTS) is 1. The smallest absolute Gasteiger partial charge is 0.318 e. The standard InChI is InChI=1S/C22H39N3O4S/c1-2-3-4-10-15-25-21-17(24-22(25)29)16-30-18(21)11-7-8-12-19(26)23-14-9-5-6-13-20(27)28/h17-18,21H,2-16H2,1H3,(H,23,26)(H,24,29)(H,27,28)/t17?,18-,21?/m0/s1. The van der Waals surface area contributed by atoms with E-state index in [0.29, 0.717) is 30.7 Å². The second kappa shape index (κ2) is 13.8. The van der Waals surface area contributed by atoms with Crippen LogP contribution >= 0.6 is 11.8 Å². The highest BCUT2D eigenvalue weighted by Crippen LogP contribution is 2.37. The molecular formula is C22H39N3O4S. The van der Waals surface area contributed by atoms with Gasteiger partial charge in [-0.2, -0.15) is 11.8 Å². The van der Waals surface area contributed by atoms with Crippen molar-refractivity contribution in [2.75, 3.05) is 18.8 Å². The van der Waals surface area contributed by atoms with E-state index in [1.54, 1.807) is 0 Å². The molecule has 2 fully saturated rings. The van der Waals surface area contributed by atoms with Gasteiger partial charge in [0.1, 0.15) is 0 Å². The molecule has 7 nitrogen and oxygen atoms in total. The molecule has 0 spiro atoms. The Morgan fingerprint density at radius 1 is 1.10 bits per heavy atom. The van der Waals surface area contributed by atoms with Gasteiger partial charge < -0.3 is 20.6 Å². The van der Waals surface area contributed by atoms with E-state index < -0.39 is 5.97 Å². The van der Waals surface area contributed by atoms with E-state index in [4.69, 9.17) is 5.11 Å². The van der Waals surface area contributed by atoms with E-state index in [2.05, 4.69) is 22.5 Å². The molecule has 0 bridgehead atoms. The van der Waals surface area contributed by atoms with Crippen LogP contribution in [0, 0.1) is 0 Å². The number of urea groups is 1. The van der Waals surface area contributed by atoms with Crippen molar-refractivity contribution in [1.29, 1.82) is 0 Å². The van der Waals surface area contributed by atoms with Gasteiger partial charge in [-0.3, -0.25) is 9.59 Å². The number of aliphatic carboxylic acids is 1. The Balaban J connectivity index is 1.58. The molecule has 8 heteroatoms. The van der Waals surface area contributed by atoms with E-state index in [1.807, 2.05) is 11.8 Å². The first-order chi connectivity index (χ1) is 14.5. The summed E-state index contributed by atoms with van der Waals surface area (Å²) in [4.78, 5) is 36.8. The van der Waals surface area contributed by atoms with Crippen molar-refractivity contribution in [3.8, 4) is 0 Å². The molecule has 0 aromatic rings. The highest BCUT2D eigenvalue weighted by Gasteiger charge is 2.47. The van der Waals surface area contributed by atoms with Crippen LogP contribution in [0.25, 0.3) is 0 Å². The minimum absolute atomic E-state index is 0.0837. The second-order valence-corrected chi connectivity index (χ2v) is 9.74. The number of carboxylic acids is 1. The van der Waals surface area contributed by atoms with Gasteiger partial charge in [-0.15, -0.1) is 0 Å². The van der Waals surface area contributed by atoms with Crippen molar-refractivity contribution < 1.29 is 19.5 Å². The third-order valence-electron chi connectivity index (χ3n) is 6.00. The fraction of sp³-hybridized carbons (Fsp3) is 0.864. The Kier molecular flexibility index (Phi) is 11.4. The molecule has 0 saturated carbocycles. The highest BCUT2D eigenvalue weighted by atomic mass is 32.2. The number of rotatable bonds is 16. The first kappa shape index (κ1) is 24.8. The summed E-state index contributed by atoms with van der Waals surface area (Å²) in [5, 5.41) is 15.2. The molecule has 2 rings (SSSR count). The fourth-order valence-electron chi connectivity index (χ4n) is 4.34. The van der Waals surface area contributed by atoms with Crippen molar-refractivity contribution in [2.24, 2.45) is 0 Å². The average Bonchev–Trinajstić information content (AvgIpc) is 3.23. The van der Waals surface area contributed by atoms with Crippen LogP contribution in [0.1, 0.15) is 84.0 Å². The summed E-state index contributed by atoms with van der Waals surface area (Å²) in [5.74, 6) is 0.318. The first-order valence-electron chi connectivity index (χ1n) is 11.7. The molecule has 3 N–H and O–H groups in total. The summed E-state index contributed by atoms with van der Waals surface area (Å²) in [7, 11) is 0. The number of hydrogen-bond acceptors (Lipinski definition) is 4. The van der Waals surface area contributed by atoms with Crippen LogP contribution in [0.5, 0.6) is 0 Å². The Labute approximate surface area is 185 Å². The monoisotopic (exact) mass is 441 g/mol. The topological polar surface area (TPSA) is 98.7 Å². The van der Waals surface area contributed by atoms with Crippen LogP contribution in [0.4, 0.5) is 4.79 Å². The summed E-state index contributed by atoms with van der Waals surface area (Å²) in [6, 6.07) is 0.696. The minimum atomic E-state index is -0.761. The number of nitrogens with one attached hydrogen (secondary N) is 2. The van der Waals surface area contributed by atoms with Crippen LogP contribution in [-0.4, -0.2) is 64.1 Å². The predicted molar refractivity (Wildman–Crippen MR) is 121 cm³/mol. The Bertz CT molecular complexity index is 561. The summed E-state index contributed by atoms with van der Waals surface area (Å²) in [5.41, 5.74) is 0. The molecule has 2 heterocycles. The highest BCUT2D eigenvalue weighted by molar-refractivity contribution is 8.00. The maximum Gasteiger partial charge on any atom is 0.318 e. The van der Waals surface area contributed by atoms with E-state index in [0.717, 1.165) is 50.8 Å². The molecule has 0 aliphatic carbocycles. The Morgan fingerprint density at radius 3 is 2.63 bits per heavy atom. The van der Waals surface area contributed by atoms with Crippen LogP contribution in [0.15, 0.2) is 0 Å². The summed E-state index contributed by atoms with van der Waals surface area (Å²) >= 11 is 1.97. The molecule has 3 atom stereocenters. The van der Waals surface area contributed by atoms with Gasteiger partial charge in [0.15, 0.2) is 0 Å². The van der Waals surface area contributed by atoms with Gasteiger partial charge in [0, 0.05) is 36.9 Å².